The summed E-state index contributed by atoms with van der Waals surface area (Å²) in [5.41, 5.74) is 2.11. The highest BCUT2D eigenvalue weighted by molar-refractivity contribution is 9.10. The van der Waals surface area contributed by atoms with Crippen LogP contribution in [0.4, 0.5) is 17.3 Å². The van der Waals surface area contributed by atoms with Crippen molar-refractivity contribution in [3.8, 4) is 0 Å². The molecule has 1 amide bonds. The Bertz CT molecular complexity index is 837. The van der Waals surface area contributed by atoms with Gasteiger partial charge in [-0.15, -0.1) is 0 Å². The van der Waals surface area contributed by atoms with Crippen LogP contribution in [0.3, 0.4) is 0 Å². The average Bonchev–Trinajstić information content (AvgIpc) is 2.64. The summed E-state index contributed by atoms with van der Waals surface area (Å²) in [6.45, 7) is 0. The van der Waals surface area contributed by atoms with Crippen molar-refractivity contribution in [3.05, 3.63) is 77.0 Å². The van der Waals surface area contributed by atoms with Gasteiger partial charge in [0, 0.05) is 29.6 Å². The lowest BCUT2D eigenvalue weighted by Gasteiger charge is -2.17. The molecule has 24 heavy (non-hydrogen) atoms. The fraction of sp³-hybridized carbons (Fsp3) is 0.0556. The topological polar surface area (TPSA) is 58.1 Å². The molecule has 0 saturated heterocycles. The van der Waals surface area contributed by atoms with Crippen LogP contribution in [0.2, 0.25) is 0 Å². The maximum Gasteiger partial charge on any atom is 0.261 e. The van der Waals surface area contributed by atoms with Gasteiger partial charge in [0.2, 0.25) is 5.95 Å². The molecule has 0 fully saturated rings. The lowest BCUT2D eigenvalue weighted by atomic mass is 10.2. The molecule has 3 aromatic rings. The van der Waals surface area contributed by atoms with E-state index in [1.165, 1.54) is 12.4 Å². The second-order valence-corrected chi connectivity index (χ2v) is 5.95. The Kier molecular flexibility index (Phi) is 4.86. The van der Waals surface area contributed by atoms with Gasteiger partial charge in [-0.1, -0.05) is 30.3 Å². The van der Waals surface area contributed by atoms with Crippen LogP contribution in [0.25, 0.3) is 0 Å². The van der Waals surface area contributed by atoms with E-state index in [1.807, 2.05) is 54.6 Å². The number of halogens is 1. The molecule has 1 heterocycles. The van der Waals surface area contributed by atoms with Gasteiger partial charge in [0.05, 0.1) is 11.3 Å². The maximum atomic E-state index is 12.5. The van der Waals surface area contributed by atoms with E-state index < -0.39 is 0 Å². The van der Waals surface area contributed by atoms with Crippen LogP contribution in [-0.4, -0.2) is 22.9 Å². The van der Waals surface area contributed by atoms with Gasteiger partial charge in [0.25, 0.3) is 5.91 Å². The van der Waals surface area contributed by atoms with E-state index in [-0.39, 0.29) is 5.91 Å². The number of para-hydroxylation sites is 2. The number of nitrogens with one attached hydrogen (secondary N) is 1. The van der Waals surface area contributed by atoms with E-state index in [0.717, 1.165) is 15.8 Å². The quantitative estimate of drug-likeness (QED) is 0.732. The third kappa shape index (κ3) is 3.60. The molecule has 6 heteroatoms. The Balaban J connectivity index is 1.75. The highest BCUT2D eigenvalue weighted by Gasteiger charge is 2.14. The number of hydrogen-bond acceptors (Lipinski definition) is 4. The molecule has 0 aliphatic heterocycles. The number of nitrogens with zero attached hydrogens (tertiary/aromatic N) is 3. The summed E-state index contributed by atoms with van der Waals surface area (Å²) < 4.78 is 0.914. The number of amides is 1. The van der Waals surface area contributed by atoms with Crippen LogP contribution in [-0.2, 0) is 0 Å². The first-order valence-electron chi connectivity index (χ1n) is 7.32. The minimum atomic E-state index is -0.159. The monoisotopic (exact) mass is 382 g/mol. The van der Waals surface area contributed by atoms with Crippen LogP contribution in [0.5, 0.6) is 0 Å². The number of hydrogen-bond donors (Lipinski definition) is 1. The fourth-order valence-electron chi connectivity index (χ4n) is 2.15. The summed E-state index contributed by atoms with van der Waals surface area (Å²) in [5.74, 6) is 0.273. The van der Waals surface area contributed by atoms with Gasteiger partial charge in [-0.05, 0) is 40.2 Å². The van der Waals surface area contributed by atoms with Crippen molar-refractivity contribution in [3.63, 3.8) is 0 Å². The number of carbonyl (C=O) groups excluding carboxylic acids is 1. The van der Waals surface area contributed by atoms with Gasteiger partial charge in [-0.25, -0.2) is 9.97 Å². The van der Waals surface area contributed by atoms with Gasteiger partial charge < -0.3 is 10.2 Å². The summed E-state index contributed by atoms with van der Waals surface area (Å²) in [5, 5.41) is 3.11. The van der Waals surface area contributed by atoms with Gasteiger partial charge in [-0.2, -0.15) is 0 Å². The first kappa shape index (κ1) is 16.1. The molecule has 0 aliphatic carbocycles. The van der Waals surface area contributed by atoms with E-state index in [1.54, 1.807) is 11.9 Å². The molecule has 120 valence electrons. The van der Waals surface area contributed by atoms with E-state index in [2.05, 4.69) is 31.2 Å². The highest BCUT2D eigenvalue weighted by atomic mass is 79.9. The smallest absolute Gasteiger partial charge is 0.261 e. The Morgan fingerprint density at radius 1 is 1.00 bits per heavy atom. The minimum Gasteiger partial charge on any atom is -0.323 e. The Morgan fingerprint density at radius 2 is 1.62 bits per heavy atom. The van der Waals surface area contributed by atoms with Crippen molar-refractivity contribution in [2.24, 2.45) is 0 Å². The zero-order valence-corrected chi connectivity index (χ0v) is 14.6. The van der Waals surface area contributed by atoms with E-state index in [9.17, 15) is 4.79 Å². The van der Waals surface area contributed by atoms with E-state index in [4.69, 9.17) is 0 Å². The summed E-state index contributed by atoms with van der Waals surface area (Å²) in [4.78, 5) is 22.5. The number of benzene rings is 2. The molecule has 1 N–H and O–H groups in total. The second-order valence-electron chi connectivity index (χ2n) is 5.10. The molecule has 5 nitrogen and oxygen atoms in total. The fourth-order valence-corrected chi connectivity index (χ4v) is 2.53. The molecule has 0 unspecified atom stereocenters. The first-order chi connectivity index (χ1) is 11.6. The standard InChI is InChI=1S/C18H15BrN4O/c1-23(14-7-3-2-4-8-14)17(24)13-11-20-18(21-12-13)22-16-10-6-5-9-15(16)19/h2-12H,1H3,(H,20,21,22). The van der Waals surface area contributed by atoms with Crippen LogP contribution >= 0.6 is 15.9 Å². The molecule has 2 aromatic carbocycles. The molecule has 0 spiro atoms. The molecule has 0 atom stereocenters. The zero-order chi connectivity index (χ0) is 16.9. The normalized spacial score (nSPS) is 10.2. The van der Waals surface area contributed by atoms with Crippen molar-refractivity contribution in [2.75, 3.05) is 17.3 Å². The van der Waals surface area contributed by atoms with Crippen molar-refractivity contribution in [1.29, 1.82) is 0 Å². The number of rotatable bonds is 4. The van der Waals surface area contributed by atoms with Crippen LogP contribution < -0.4 is 10.2 Å². The highest BCUT2D eigenvalue weighted by Crippen LogP contribution is 2.23. The van der Waals surface area contributed by atoms with Crippen molar-refractivity contribution in [1.82, 2.24) is 9.97 Å². The van der Waals surface area contributed by atoms with Gasteiger partial charge >= 0.3 is 0 Å². The van der Waals surface area contributed by atoms with Crippen molar-refractivity contribution >= 4 is 39.2 Å². The first-order valence-corrected chi connectivity index (χ1v) is 8.11. The largest absolute Gasteiger partial charge is 0.323 e. The van der Waals surface area contributed by atoms with Crippen molar-refractivity contribution < 1.29 is 4.79 Å². The SMILES string of the molecule is CN(C(=O)c1cnc(Nc2ccccc2Br)nc1)c1ccccc1. The summed E-state index contributed by atoms with van der Waals surface area (Å²) in [6.07, 6.45) is 3.04. The van der Waals surface area contributed by atoms with E-state index >= 15 is 0 Å². The second kappa shape index (κ2) is 7.23. The Morgan fingerprint density at radius 3 is 2.29 bits per heavy atom. The molecule has 0 bridgehead atoms. The molecule has 1 aromatic heterocycles. The Hall–Kier alpha value is -2.73. The third-order valence-corrected chi connectivity index (χ3v) is 4.16. The molecular weight excluding hydrogens is 368 g/mol. The summed E-state index contributed by atoms with van der Waals surface area (Å²) >= 11 is 3.46. The Labute approximate surface area is 148 Å². The zero-order valence-electron chi connectivity index (χ0n) is 13.0. The molecule has 0 aliphatic rings. The van der Waals surface area contributed by atoms with Crippen LogP contribution in [0.15, 0.2) is 71.5 Å². The van der Waals surface area contributed by atoms with Gasteiger partial charge in [0.1, 0.15) is 0 Å². The van der Waals surface area contributed by atoms with Crippen LogP contribution in [0.1, 0.15) is 10.4 Å². The number of anilines is 3. The number of carbonyl (C=O) groups is 1. The summed E-state index contributed by atoms with van der Waals surface area (Å²) in [7, 11) is 1.73. The van der Waals surface area contributed by atoms with Gasteiger partial charge in [0.15, 0.2) is 0 Å². The maximum absolute atomic E-state index is 12.5. The third-order valence-electron chi connectivity index (χ3n) is 3.47. The lowest BCUT2D eigenvalue weighted by molar-refractivity contribution is 0.0992. The van der Waals surface area contributed by atoms with Crippen molar-refractivity contribution in [2.45, 2.75) is 0 Å². The molecule has 3 rings (SSSR count). The average molecular weight is 383 g/mol. The number of aromatic nitrogens is 2. The minimum absolute atomic E-state index is 0.159. The predicted octanol–water partition coefficient (Wildman–Crippen LogP) is 4.26. The van der Waals surface area contributed by atoms with Gasteiger partial charge in [-0.3, -0.25) is 4.79 Å². The summed E-state index contributed by atoms with van der Waals surface area (Å²) in [6, 6.07) is 17.1. The lowest BCUT2D eigenvalue weighted by Crippen LogP contribution is -2.26. The molecule has 0 radical (unpaired) electrons. The predicted molar refractivity (Wildman–Crippen MR) is 98.6 cm³/mol. The van der Waals surface area contributed by atoms with Crippen LogP contribution in [0, 0.1) is 0 Å². The molecular formula is C18H15BrN4O. The molecule has 0 saturated carbocycles. The van der Waals surface area contributed by atoms with E-state index in [0.29, 0.717) is 11.5 Å².